The minimum Gasteiger partial charge on any atom is -0.365 e. The number of imidazole rings is 1. The molecule has 4 aromatic rings. The van der Waals surface area contributed by atoms with Gasteiger partial charge in [0.05, 0.1) is 21.3 Å². The van der Waals surface area contributed by atoms with Crippen LogP contribution in [0.3, 0.4) is 0 Å². The van der Waals surface area contributed by atoms with Crippen molar-refractivity contribution in [2.24, 2.45) is 0 Å². The smallest absolute Gasteiger partial charge is 0.142 e. The van der Waals surface area contributed by atoms with Gasteiger partial charge in [-0.2, -0.15) is 0 Å². The van der Waals surface area contributed by atoms with Crippen molar-refractivity contribution in [2.75, 3.05) is 5.32 Å². The molecule has 0 saturated carbocycles. The number of halogens is 1. The molecule has 0 atom stereocenters. The van der Waals surface area contributed by atoms with Crippen LogP contribution in [0.4, 0.5) is 10.2 Å². The number of aromatic nitrogens is 4. The van der Waals surface area contributed by atoms with E-state index in [1.807, 2.05) is 12.1 Å². The number of nitrogens with zero attached hydrogens (tertiary/aromatic N) is 3. The maximum absolute atomic E-state index is 13.7. The third kappa shape index (κ3) is 2.55. The van der Waals surface area contributed by atoms with Crippen molar-refractivity contribution in [1.82, 2.24) is 19.9 Å². The zero-order valence-corrected chi connectivity index (χ0v) is 12.8. The van der Waals surface area contributed by atoms with Gasteiger partial charge in [0.15, 0.2) is 0 Å². The average Bonchev–Trinajstić information content (AvgIpc) is 3.27. The molecule has 0 unspecified atom stereocenters. The van der Waals surface area contributed by atoms with E-state index in [9.17, 15) is 4.39 Å². The Morgan fingerprint density at radius 2 is 2.09 bits per heavy atom. The lowest BCUT2D eigenvalue weighted by Crippen LogP contribution is -2.04. The zero-order chi connectivity index (χ0) is 15.6. The number of H-pyrrole nitrogens is 1. The fraction of sp³-hybridized carbons (Fsp3) is 0.0625. The van der Waals surface area contributed by atoms with Crippen molar-refractivity contribution < 1.29 is 4.39 Å². The summed E-state index contributed by atoms with van der Waals surface area (Å²) in [5.41, 5.74) is 4.16. The Morgan fingerprint density at radius 1 is 1.13 bits per heavy atom. The molecule has 4 rings (SSSR count). The van der Waals surface area contributed by atoms with Crippen LogP contribution in [-0.2, 0) is 6.54 Å². The predicted octanol–water partition coefficient (Wildman–Crippen LogP) is 3.83. The molecular formula is C16H12FN5S. The molecule has 114 valence electrons. The third-order valence-electron chi connectivity index (χ3n) is 3.53. The fourth-order valence-electron chi connectivity index (χ4n) is 2.44. The second-order valence-corrected chi connectivity index (χ2v) is 5.78. The van der Waals surface area contributed by atoms with Gasteiger partial charge >= 0.3 is 0 Å². The first-order valence-electron chi connectivity index (χ1n) is 7.02. The maximum Gasteiger partial charge on any atom is 0.142 e. The molecule has 0 spiro atoms. The number of fused-ring (bicyclic) bond motifs is 1. The minimum absolute atomic E-state index is 0.236. The van der Waals surface area contributed by atoms with E-state index in [0.717, 1.165) is 22.8 Å². The summed E-state index contributed by atoms with van der Waals surface area (Å²) in [6.07, 6.45) is 5.19. The quantitative estimate of drug-likeness (QED) is 0.598. The molecule has 3 heterocycles. The van der Waals surface area contributed by atoms with Crippen molar-refractivity contribution in [1.29, 1.82) is 0 Å². The zero-order valence-electron chi connectivity index (χ0n) is 12.0. The Labute approximate surface area is 135 Å². The van der Waals surface area contributed by atoms with Crippen LogP contribution in [0.1, 0.15) is 5.56 Å². The fourth-order valence-corrected chi connectivity index (χ4v) is 3.18. The van der Waals surface area contributed by atoms with Crippen LogP contribution in [0.25, 0.3) is 21.6 Å². The van der Waals surface area contributed by atoms with Crippen LogP contribution in [-0.4, -0.2) is 19.9 Å². The summed E-state index contributed by atoms with van der Waals surface area (Å²) in [6, 6.07) is 7.03. The first-order valence-corrected chi connectivity index (χ1v) is 7.90. The highest BCUT2D eigenvalue weighted by Crippen LogP contribution is 2.27. The number of pyridine rings is 1. The summed E-state index contributed by atoms with van der Waals surface area (Å²) in [7, 11) is 0. The molecule has 5 nitrogen and oxygen atoms in total. The molecule has 2 N–H and O–H groups in total. The highest BCUT2D eigenvalue weighted by Gasteiger charge is 2.11. The highest BCUT2D eigenvalue weighted by molar-refractivity contribution is 7.16. The summed E-state index contributed by atoms with van der Waals surface area (Å²) < 4.78 is 14.3. The van der Waals surface area contributed by atoms with Crippen LogP contribution in [0.2, 0.25) is 0 Å². The summed E-state index contributed by atoms with van der Waals surface area (Å²) in [6.45, 7) is 0.505. The molecule has 0 fully saturated rings. The van der Waals surface area contributed by atoms with E-state index in [1.54, 1.807) is 30.2 Å². The van der Waals surface area contributed by atoms with Gasteiger partial charge in [-0.05, 0) is 23.8 Å². The van der Waals surface area contributed by atoms with Gasteiger partial charge in [-0.25, -0.2) is 19.3 Å². The van der Waals surface area contributed by atoms with Crippen molar-refractivity contribution >= 4 is 27.4 Å². The molecule has 3 aromatic heterocycles. The van der Waals surface area contributed by atoms with Crippen LogP contribution in [0, 0.1) is 5.82 Å². The molecule has 0 aliphatic heterocycles. The summed E-state index contributed by atoms with van der Waals surface area (Å²) >= 11 is 1.31. The van der Waals surface area contributed by atoms with Crippen LogP contribution < -0.4 is 5.32 Å². The SMILES string of the molecule is Fc1ccc(CNc2ncccc2-c2ncc[nH]2)c2ncsc12. The standard InChI is InChI=1S/C16H12FN5S/c17-12-4-3-10(13-14(12)23-9-22-13)8-21-16-11(2-1-5-18-16)15-19-6-7-20-15/h1-7,9H,8H2,(H,18,21)(H,19,20). The lowest BCUT2D eigenvalue weighted by Gasteiger charge is -2.10. The summed E-state index contributed by atoms with van der Waals surface area (Å²) in [5, 5.41) is 3.29. The Hall–Kier alpha value is -2.80. The average molecular weight is 325 g/mol. The van der Waals surface area contributed by atoms with E-state index >= 15 is 0 Å². The Balaban J connectivity index is 1.65. The second-order valence-electron chi connectivity index (χ2n) is 4.93. The third-order valence-corrected chi connectivity index (χ3v) is 4.36. The van der Waals surface area contributed by atoms with E-state index in [4.69, 9.17) is 0 Å². The van der Waals surface area contributed by atoms with Gasteiger partial charge in [-0.1, -0.05) is 6.07 Å². The van der Waals surface area contributed by atoms with Crippen LogP contribution >= 0.6 is 11.3 Å². The number of rotatable bonds is 4. The Bertz CT molecular complexity index is 948. The first kappa shape index (κ1) is 13.8. The molecular weight excluding hydrogens is 313 g/mol. The van der Waals surface area contributed by atoms with E-state index in [2.05, 4.69) is 25.3 Å². The Kier molecular flexibility index (Phi) is 3.47. The molecule has 23 heavy (non-hydrogen) atoms. The minimum atomic E-state index is -0.236. The number of benzene rings is 1. The van der Waals surface area contributed by atoms with Gasteiger partial charge in [-0.3, -0.25) is 0 Å². The van der Waals surface area contributed by atoms with Gasteiger partial charge < -0.3 is 10.3 Å². The van der Waals surface area contributed by atoms with Gasteiger partial charge in [0, 0.05) is 25.1 Å². The Morgan fingerprint density at radius 3 is 2.96 bits per heavy atom. The first-order chi connectivity index (χ1) is 11.3. The molecule has 0 amide bonds. The van der Waals surface area contributed by atoms with Crippen molar-refractivity contribution in [3.63, 3.8) is 0 Å². The lowest BCUT2D eigenvalue weighted by molar-refractivity contribution is 0.641. The van der Waals surface area contributed by atoms with E-state index in [1.165, 1.54) is 17.4 Å². The lowest BCUT2D eigenvalue weighted by atomic mass is 10.2. The summed E-state index contributed by atoms with van der Waals surface area (Å²) in [5.74, 6) is 1.23. The van der Waals surface area contributed by atoms with E-state index in [0.29, 0.717) is 16.8 Å². The number of aromatic amines is 1. The molecule has 0 radical (unpaired) electrons. The summed E-state index contributed by atoms with van der Waals surface area (Å²) in [4.78, 5) is 16.0. The number of hydrogen-bond acceptors (Lipinski definition) is 5. The van der Waals surface area contributed by atoms with Crippen molar-refractivity contribution in [3.05, 3.63) is 59.7 Å². The van der Waals surface area contributed by atoms with Gasteiger partial charge in [0.2, 0.25) is 0 Å². The number of anilines is 1. The molecule has 0 bridgehead atoms. The van der Waals surface area contributed by atoms with Gasteiger partial charge in [0.25, 0.3) is 0 Å². The maximum atomic E-state index is 13.7. The number of nitrogens with one attached hydrogen (secondary N) is 2. The molecule has 0 aliphatic carbocycles. The second kappa shape index (κ2) is 5.77. The van der Waals surface area contributed by atoms with Crippen molar-refractivity contribution in [3.8, 4) is 11.4 Å². The highest BCUT2D eigenvalue weighted by atomic mass is 32.1. The normalized spacial score (nSPS) is 11.0. The van der Waals surface area contributed by atoms with E-state index in [-0.39, 0.29) is 5.82 Å². The van der Waals surface area contributed by atoms with E-state index < -0.39 is 0 Å². The number of thiazole rings is 1. The molecule has 0 aliphatic rings. The molecule has 0 saturated heterocycles. The largest absolute Gasteiger partial charge is 0.365 e. The topological polar surface area (TPSA) is 66.5 Å². The van der Waals surface area contributed by atoms with Crippen LogP contribution in [0.5, 0.6) is 0 Å². The van der Waals surface area contributed by atoms with Gasteiger partial charge in [0.1, 0.15) is 17.5 Å². The monoisotopic (exact) mass is 325 g/mol. The predicted molar refractivity (Wildman–Crippen MR) is 88.7 cm³/mol. The van der Waals surface area contributed by atoms with Gasteiger partial charge in [-0.15, -0.1) is 11.3 Å². The number of hydrogen-bond donors (Lipinski definition) is 2. The van der Waals surface area contributed by atoms with Crippen LogP contribution in [0.15, 0.2) is 48.4 Å². The molecule has 7 heteroatoms. The molecule has 1 aromatic carbocycles. The van der Waals surface area contributed by atoms with Crippen molar-refractivity contribution in [2.45, 2.75) is 6.54 Å².